The minimum Gasteiger partial charge on any atom is -0.374 e. The second kappa shape index (κ2) is 4.12. The number of hydrogen-bond acceptors (Lipinski definition) is 2. The highest BCUT2D eigenvalue weighted by molar-refractivity contribution is 5.82. The van der Waals surface area contributed by atoms with Crippen LogP contribution in [-0.4, -0.2) is 18.9 Å². The maximum Gasteiger partial charge on any atom is 0.0963 e. The zero-order valence-corrected chi connectivity index (χ0v) is 8.55. The van der Waals surface area contributed by atoms with Crippen LogP contribution in [0.25, 0.3) is 0 Å². The van der Waals surface area contributed by atoms with E-state index in [1.54, 1.807) is 0 Å². The molecule has 0 aromatic carbocycles. The van der Waals surface area contributed by atoms with Gasteiger partial charge in [0.05, 0.1) is 5.84 Å². The summed E-state index contributed by atoms with van der Waals surface area (Å²) in [5, 5.41) is 3.50. The Bertz CT molecular complexity index is 198. The van der Waals surface area contributed by atoms with Crippen LogP contribution in [0.4, 0.5) is 0 Å². The van der Waals surface area contributed by atoms with E-state index in [-0.39, 0.29) is 0 Å². The molecule has 0 bridgehead atoms. The first-order chi connectivity index (χ1) is 6.36. The van der Waals surface area contributed by atoms with Gasteiger partial charge in [-0.1, -0.05) is 13.3 Å². The van der Waals surface area contributed by atoms with E-state index in [9.17, 15) is 0 Å². The highest BCUT2D eigenvalue weighted by Crippen LogP contribution is 2.36. The van der Waals surface area contributed by atoms with Crippen molar-refractivity contribution in [2.45, 2.75) is 39.0 Å². The van der Waals surface area contributed by atoms with Gasteiger partial charge in [-0.25, -0.2) is 0 Å². The summed E-state index contributed by atoms with van der Waals surface area (Å²) in [6.45, 7) is 4.55. The molecule has 0 aromatic heterocycles. The third-order valence-electron chi connectivity index (χ3n) is 3.22. The zero-order valence-electron chi connectivity index (χ0n) is 8.55. The Kier molecular flexibility index (Phi) is 2.87. The first-order valence-electron chi connectivity index (χ1n) is 5.63. The van der Waals surface area contributed by atoms with Gasteiger partial charge >= 0.3 is 0 Å². The molecule has 1 aliphatic heterocycles. The lowest BCUT2D eigenvalue weighted by atomic mass is 10.2. The first kappa shape index (κ1) is 9.04. The van der Waals surface area contributed by atoms with E-state index in [4.69, 9.17) is 0 Å². The van der Waals surface area contributed by atoms with Crippen LogP contribution >= 0.6 is 0 Å². The highest BCUT2D eigenvalue weighted by atomic mass is 15.0. The molecule has 2 heteroatoms. The van der Waals surface area contributed by atoms with Crippen molar-refractivity contribution in [2.75, 3.05) is 13.1 Å². The van der Waals surface area contributed by atoms with E-state index in [2.05, 4.69) is 17.2 Å². The van der Waals surface area contributed by atoms with Crippen LogP contribution in [0.5, 0.6) is 0 Å². The summed E-state index contributed by atoms with van der Waals surface area (Å²) >= 11 is 0. The van der Waals surface area contributed by atoms with E-state index in [0.717, 1.165) is 18.4 Å². The van der Waals surface area contributed by atoms with Crippen molar-refractivity contribution in [3.63, 3.8) is 0 Å². The molecule has 13 heavy (non-hydrogen) atoms. The van der Waals surface area contributed by atoms with Gasteiger partial charge in [0.25, 0.3) is 0 Å². The van der Waals surface area contributed by atoms with E-state index >= 15 is 0 Å². The van der Waals surface area contributed by atoms with Crippen LogP contribution in [-0.2, 0) is 0 Å². The standard InChI is InChI=1S/C11H20N2/c1-9-7-10(9)8-13-11-5-3-2-4-6-12-11/h9-10H,2-8H2,1H3,(H,12,13). The Labute approximate surface area is 80.8 Å². The van der Waals surface area contributed by atoms with Gasteiger partial charge in [-0.3, -0.25) is 4.99 Å². The highest BCUT2D eigenvalue weighted by Gasteiger charge is 2.32. The van der Waals surface area contributed by atoms with Gasteiger partial charge in [-0.05, 0) is 31.1 Å². The lowest BCUT2D eigenvalue weighted by molar-refractivity contribution is 0.698. The molecule has 2 unspecified atom stereocenters. The molecule has 2 nitrogen and oxygen atoms in total. The number of aliphatic imine (C=N–C) groups is 1. The molecule has 1 saturated carbocycles. The smallest absolute Gasteiger partial charge is 0.0963 e. The normalized spacial score (nSPS) is 33.5. The maximum absolute atomic E-state index is 4.55. The second-order valence-electron chi connectivity index (χ2n) is 4.49. The van der Waals surface area contributed by atoms with Crippen molar-refractivity contribution >= 4 is 5.84 Å². The van der Waals surface area contributed by atoms with Crippen molar-refractivity contribution in [3.8, 4) is 0 Å². The third-order valence-corrected chi connectivity index (χ3v) is 3.22. The minimum absolute atomic E-state index is 0.936. The maximum atomic E-state index is 4.55. The lowest BCUT2D eigenvalue weighted by Gasteiger charge is -2.06. The molecular formula is C11H20N2. The van der Waals surface area contributed by atoms with Crippen molar-refractivity contribution in [1.82, 2.24) is 5.32 Å². The number of nitrogens with one attached hydrogen (secondary N) is 1. The predicted molar refractivity (Wildman–Crippen MR) is 56.0 cm³/mol. The Hall–Kier alpha value is -0.530. The van der Waals surface area contributed by atoms with Crippen LogP contribution in [0.15, 0.2) is 4.99 Å². The quantitative estimate of drug-likeness (QED) is 0.692. The summed E-state index contributed by atoms with van der Waals surface area (Å²) in [5.41, 5.74) is 0. The van der Waals surface area contributed by atoms with E-state index in [1.165, 1.54) is 44.5 Å². The first-order valence-corrected chi connectivity index (χ1v) is 5.63. The molecule has 74 valence electrons. The molecule has 1 N–H and O–H groups in total. The van der Waals surface area contributed by atoms with E-state index in [1.807, 2.05) is 0 Å². The van der Waals surface area contributed by atoms with Crippen molar-refractivity contribution < 1.29 is 0 Å². The van der Waals surface area contributed by atoms with Gasteiger partial charge in [-0.2, -0.15) is 0 Å². The van der Waals surface area contributed by atoms with Crippen molar-refractivity contribution in [3.05, 3.63) is 0 Å². The van der Waals surface area contributed by atoms with E-state index in [0.29, 0.717) is 0 Å². The summed E-state index contributed by atoms with van der Waals surface area (Å²) < 4.78 is 0. The molecule has 2 rings (SSSR count). The number of amidine groups is 1. The molecule has 0 amide bonds. The molecule has 0 radical (unpaired) electrons. The van der Waals surface area contributed by atoms with Crippen LogP contribution in [0.2, 0.25) is 0 Å². The second-order valence-corrected chi connectivity index (χ2v) is 4.49. The van der Waals surface area contributed by atoms with Gasteiger partial charge in [0, 0.05) is 19.5 Å². The van der Waals surface area contributed by atoms with Crippen LogP contribution < -0.4 is 5.32 Å². The molecule has 2 aliphatic rings. The topological polar surface area (TPSA) is 24.4 Å². The lowest BCUT2D eigenvalue weighted by Crippen LogP contribution is -2.25. The van der Waals surface area contributed by atoms with Crippen molar-refractivity contribution in [1.29, 1.82) is 0 Å². The van der Waals surface area contributed by atoms with Gasteiger partial charge < -0.3 is 5.32 Å². The molecule has 2 atom stereocenters. The molecule has 1 aliphatic carbocycles. The van der Waals surface area contributed by atoms with Gasteiger partial charge in [0.15, 0.2) is 0 Å². The van der Waals surface area contributed by atoms with Crippen LogP contribution in [0.3, 0.4) is 0 Å². The third kappa shape index (κ3) is 2.71. The van der Waals surface area contributed by atoms with Gasteiger partial charge in [-0.15, -0.1) is 0 Å². The Morgan fingerprint density at radius 1 is 1.38 bits per heavy atom. The molecule has 0 aromatic rings. The largest absolute Gasteiger partial charge is 0.374 e. The average molecular weight is 180 g/mol. The zero-order chi connectivity index (χ0) is 9.10. The fourth-order valence-corrected chi connectivity index (χ4v) is 1.95. The summed E-state index contributed by atoms with van der Waals surface area (Å²) in [4.78, 5) is 4.55. The fourth-order valence-electron chi connectivity index (χ4n) is 1.95. The van der Waals surface area contributed by atoms with Gasteiger partial charge in [0.1, 0.15) is 0 Å². The monoisotopic (exact) mass is 180 g/mol. The minimum atomic E-state index is 0.936. The average Bonchev–Trinajstić information content (AvgIpc) is 2.85. The Balaban J connectivity index is 1.70. The summed E-state index contributed by atoms with van der Waals surface area (Å²) in [6.07, 6.45) is 6.56. The SMILES string of the molecule is CC1CC1CNC1=NCCCCC1. The van der Waals surface area contributed by atoms with Crippen LogP contribution in [0, 0.1) is 11.8 Å². The number of rotatable bonds is 2. The van der Waals surface area contributed by atoms with Crippen molar-refractivity contribution in [2.24, 2.45) is 16.8 Å². The molecule has 1 heterocycles. The summed E-state index contributed by atoms with van der Waals surface area (Å²) in [5.74, 6) is 3.17. The molecule has 1 fully saturated rings. The number of hydrogen-bond donors (Lipinski definition) is 1. The van der Waals surface area contributed by atoms with Crippen LogP contribution in [0.1, 0.15) is 39.0 Å². The molecular weight excluding hydrogens is 160 g/mol. The van der Waals surface area contributed by atoms with Gasteiger partial charge in [0.2, 0.25) is 0 Å². The molecule has 0 saturated heterocycles. The summed E-state index contributed by atoms with van der Waals surface area (Å²) in [6, 6.07) is 0. The Morgan fingerprint density at radius 3 is 3.00 bits per heavy atom. The number of nitrogens with zero attached hydrogens (tertiary/aromatic N) is 1. The van der Waals surface area contributed by atoms with E-state index < -0.39 is 0 Å². The predicted octanol–water partition coefficient (Wildman–Crippen LogP) is 2.20. The Morgan fingerprint density at radius 2 is 2.23 bits per heavy atom. The fraction of sp³-hybridized carbons (Fsp3) is 0.909. The molecule has 0 spiro atoms. The summed E-state index contributed by atoms with van der Waals surface area (Å²) in [7, 11) is 0.